The number of carbonyl (C=O) groups excluding carboxylic acids is 1. The van der Waals surface area contributed by atoms with Gasteiger partial charge in [0.15, 0.2) is 0 Å². The molecule has 0 bridgehead atoms. The van der Waals surface area contributed by atoms with Crippen LogP contribution in [0.5, 0.6) is 0 Å². The molecule has 1 saturated carbocycles. The monoisotopic (exact) mass is 524 g/mol. The molecule has 1 aromatic rings. The summed E-state index contributed by atoms with van der Waals surface area (Å²) >= 11 is 0. The van der Waals surface area contributed by atoms with Gasteiger partial charge in [0.05, 0.1) is 12.7 Å². The molecule has 2 aliphatic heterocycles. The van der Waals surface area contributed by atoms with Crippen LogP contribution < -0.4 is 10.9 Å². The van der Waals surface area contributed by atoms with Crippen molar-refractivity contribution in [3.63, 3.8) is 0 Å². The van der Waals surface area contributed by atoms with Crippen molar-refractivity contribution in [2.24, 2.45) is 18.0 Å². The van der Waals surface area contributed by atoms with E-state index >= 15 is 0 Å². The zero-order valence-electron chi connectivity index (χ0n) is 22.9. The lowest BCUT2D eigenvalue weighted by Gasteiger charge is -2.34. The van der Waals surface area contributed by atoms with Crippen LogP contribution >= 0.6 is 0 Å². The second kappa shape index (κ2) is 10.8. The summed E-state index contributed by atoms with van der Waals surface area (Å²) in [5.74, 6) is 0.898. The minimum absolute atomic E-state index is 0.00976. The minimum atomic E-state index is -0.860. The van der Waals surface area contributed by atoms with Gasteiger partial charge in [0.25, 0.3) is 5.56 Å². The molecule has 38 heavy (non-hydrogen) atoms. The van der Waals surface area contributed by atoms with Crippen LogP contribution in [0.2, 0.25) is 0 Å². The first-order valence-electron chi connectivity index (χ1n) is 13.8. The third-order valence-electron chi connectivity index (χ3n) is 8.20. The summed E-state index contributed by atoms with van der Waals surface area (Å²) in [5, 5.41) is 13.5. The second-order valence-electron chi connectivity index (χ2n) is 11.5. The maximum atomic E-state index is 12.7. The highest BCUT2D eigenvalue weighted by Gasteiger charge is 2.44. The van der Waals surface area contributed by atoms with Gasteiger partial charge in [0.1, 0.15) is 23.5 Å². The van der Waals surface area contributed by atoms with Gasteiger partial charge in [-0.1, -0.05) is 11.6 Å². The molecule has 2 aliphatic carbocycles. The van der Waals surface area contributed by atoms with E-state index in [4.69, 9.17) is 14.5 Å². The van der Waals surface area contributed by atoms with E-state index in [1.807, 2.05) is 19.2 Å². The number of aliphatic imine (C=N–C) groups is 1. The van der Waals surface area contributed by atoms with E-state index in [1.54, 1.807) is 18.5 Å². The largest absolute Gasteiger partial charge is 0.461 e. The Morgan fingerprint density at radius 2 is 2.13 bits per heavy atom. The molecule has 206 valence electrons. The fraction of sp³-hybridized carbons (Fsp3) is 0.621. The topological polar surface area (TPSA) is 105 Å². The quantitative estimate of drug-likeness (QED) is 0.477. The number of aryl methyl sites for hydroxylation is 2. The van der Waals surface area contributed by atoms with Crippen LogP contribution in [0.15, 0.2) is 45.5 Å². The molecule has 4 aliphatic rings. The van der Waals surface area contributed by atoms with Gasteiger partial charge in [-0.05, 0) is 58.6 Å². The average Bonchev–Trinajstić information content (AvgIpc) is 3.45. The molecule has 0 amide bonds. The van der Waals surface area contributed by atoms with Crippen LogP contribution in [0.1, 0.15) is 57.1 Å². The van der Waals surface area contributed by atoms with E-state index in [1.165, 1.54) is 0 Å². The summed E-state index contributed by atoms with van der Waals surface area (Å²) in [6.07, 6.45) is 9.79. The van der Waals surface area contributed by atoms with Gasteiger partial charge in [0.2, 0.25) is 0 Å². The number of fused-ring (bicyclic) bond motifs is 1. The molecule has 0 radical (unpaired) electrons. The number of ether oxygens (including phenoxy) is 2. The first-order chi connectivity index (χ1) is 18.1. The molecule has 2 N–H and O–H groups in total. The van der Waals surface area contributed by atoms with Crippen molar-refractivity contribution in [2.75, 3.05) is 26.3 Å². The molecule has 0 aromatic carbocycles. The Morgan fingerprint density at radius 1 is 1.34 bits per heavy atom. The summed E-state index contributed by atoms with van der Waals surface area (Å²) in [7, 11) is 1.78. The Hall–Kier alpha value is -2.75. The lowest BCUT2D eigenvalue weighted by molar-refractivity contribution is -0.158. The number of pyridine rings is 1. The molecule has 2 unspecified atom stereocenters. The van der Waals surface area contributed by atoms with Crippen molar-refractivity contribution in [1.82, 2.24) is 14.8 Å². The summed E-state index contributed by atoms with van der Waals surface area (Å²) in [6, 6.07) is 1.15. The van der Waals surface area contributed by atoms with Crippen molar-refractivity contribution in [3.05, 3.63) is 57.2 Å². The van der Waals surface area contributed by atoms with Crippen molar-refractivity contribution in [1.29, 1.82) is 0 Å². The number of hydrogen-bond donors (Lipinski definition) is 2. The molecular weight excluding hydrogens is 484 g/mol. The van der Waals surface area contributed by atoms with Crippen LogP contribution in [-0.2, 0) is 21.3 Å². The van der Waals surface area contributed by atoms with Crippen LogP contribution in [0.3, 0.4) is 0 Å². The van der Waals surface area contributed by atoms with Crippen LogP contribution in [-0.4, -0.2) is 76.5 Å². The normalized spacial score (nSPS) is 26.7. The van der Waals surface area contributed by atoms with Gasteiger partial charge < -0.3 is 24.0 Å². The Labute approximate surface area is 224 Å². The summed E-state index contributed by atoms with van der Waals surface area (Å²) in [6.45, 7) is 8.37. The minimum Gasteiger partial charge on any atom is -0.461 e. The van der Waals surface area contributed by atoms with E-state index in [0.29, 0.717) is 24.4 Å². The first-order valence-corrected chi connectivity index (χ1v) is 13.8. The molecule has 9 heteroatoms. The second-order valence-corrected chi connectivity index (χ2v) is 11.5. The molecule has 9 nitrogen and oxygen atoms in total. The fourth-order valence-electron chi connectivity index (χ4n) is 5.78. The number of hydrogen-bond acceptors (Lipinski definition) is 8. The van der Waals surface area contributed by atoms with E-state index in [2.05, 4.69) is 29.3 Å². The number of carbonyl (C=O) groups is 1. The highest BCUT2D eigenvalue weighted by atomic mass is 16.5. The smallest absolute Gasteiger partial charge is 0.326 e. The zero-order chi connectivity index (χ0) is 27.0. The number of aliphatic hydroxyl groups excluding tert-OH is 1. The lowest BCUT2D eigenvalue weighted by Crippen LogP contribution is -2.48. The van der Waals surface area contributed by atoms with E-state index in [-0.39, 0.29) is 17.6 Å². The summed E-state index contributed by atoms with van der Waals surface area (Å²) < 4.78 is 12.8. The molecule has 0 spiro atoms. The Morgan fingerprint density at radius 3 is 2.76 bits per heavy atom. The standard InChI is InChI=1S/C29H40N4O5/c1-18-12-22(16-32(4)27(18)35)26-31-29(3)13-20(8-9-24(29)33(26)15-21-10-11-37-17-21)14-30-25(19(2)34)28(36)38-23-6-5-7-23/h8-9,12,16,19,21,23,25,30,34H,5-7,10-11,13-15,17H2,1-4H3/t19-,21?,25+,29?/m1/s1. The number of nitrogens with one attached hydrogen (secondary N) is 1. The Bertz CT molecular complexity index is 1200. The average molecular weight is 525 g/mol. The van der Waals surface area contributed by atoms with Crippen molar-refractivity contribution in [2.45, 2.75) is 76.7 Å². The summed E-state index contributed by atoms with van der Waals surface area (Å²) in [4.78, 5) is 32.6. The van der Waals surface area contributed by atoms with E-state index in [0.717, 1.165) is 68.1 Å². The number of aliphatic hydroxyl groups is 1. The summed E-state index contributed by atoms with van der Waals surface area (Å²) in [5.41, 5.74) is 3.36. The Balaban J connectivity index is 1.37. The maximum Gasteiger partial charge on any atom is 0.326 e. The first kappa shape index (κ1) is 26.8. The third-order valence-corrected chi connectivity index (χ3v) is 8.20. The highest BCUT2D eigenvalue weighted by molar-refractivity contribution is 6.02. The number of esters is 1. The zero-order valence-corrected chi connectivity index (χ0v) is 22.9. The van der Waals surface area contributed by atoms with Crippen LogP contribution in [0.4, 0.5) is 0 Å². The molecule has 4 atom stereocenters. The molecule has 2 fully saturated rings. The highest BCUT2D eigenvalue weighted by Crippen LogP contribution is 2.42. The van der Waals surface area contributed by atoms with Gasteiger partial charge in [-0.3, -0.25) is 19.9 Å². The third kappa shape index (κ3) is 5.37. The Kier molecular flexibility index (Phi) is 7.62. The van der Waals surface area contributed by atoms with Gasteiger partial charge in [-0.15, -0.1) is 0 Å². The molecule has 3 heterocycles. The number of nitrogens with zero attached hydrogens (tertiary/aromatic N) is 3. The molecule has 1 aromatic heterocycles. The maximum absolute atomic E-state index is 12.7. The molecule has 1 saturated heterocycles. The van der Waals surface area contributed by atoms with E-state index < -0.39 is 17.7 Å². The lowest BCUT2D eigenvalue weighted by atomic mass is 9.85. The van der Waals surface area contributed by atoms with Crippen molar-refractivity contribution in [3.8, 4) is 0 Å². The number of allylic oxidation sites excluding steroid dienone is 2. The van der Waals surface area contributed by atoms with Crippen LogP contribution in [0.25, 0.3) is 0 Å². The number of amidine groups is 1. The van der Waals surface area contributed by atoms with Crippen LogP contribution in [0, 0.1) is 12.8 Å². The van der Waals surface area contributed by atoms with E-state index in [9.17, 15) is 14.7 Å². The van der Waals surface area contributed by atoms with Crippen molar-refractivity contribution >= 4 is 11.8 Å². The van der Waals surface area contributed by atoms with Gasteiger partial charge in [0, 0.05) is 62.1 Å². The van der Waals surface area contributed by atoms with Gasteiger partial charge in [-0.2, -0.15) is 0 Å². The SMILES string of the molecule is Cc1cc(C2=NC3(C)CC(CN[C@H](C(=O)OC4CCC4)[C@@H](C)O)=CC=C3N2CC2CCOC2)cn(C)c1=O. The van der Waals surface area contributed by atoms with Gasteiger partial charge in [-0.25, -0.2) is 0 Å². The fourth-order valence-corrected chi connectivity index (χ4v) is 5.78. The van der Waals surface area contributed by atoms with Crippen molar-refractivity contribution < 1.29 is 19.4 Å². The molecule has 5 rings (SSSR count). The molecular formula is C29H40N4O5. The van der Waals surface area contributed by atoms with Gasteiger partial charge >= 0.3 is 5.97 Å². The number of aromatic nitrogens is 1. The predicted molar refractivity (Wildman–Crippen MR) is 145 cm³/mol. The predicted octanol–water partition coefficient (Wildman–Crippen LogP) is 2.20. The number of rotatable bonds is 9.